The number of ether oxygens (including phenoxy) is 2. The monoisotopic (exact) mass is 373 g/mol. The lowest BCUT2D eigenvalue weighted by molar-refractivity contribution is -0.127. The fraction of sp³-hybridized carbons (Fsp3) is 0.381. The van der Waals surface area contributed by atoms with Gasteiger partial charge in [0.2, 0.25) is 5.91 Å². The third-order valence-corrected chi connectivity index (χ3v) is 5.52. The fourth-order valence-corrected chi connectivity index (χ4v) is 3.70. The van der Waals surface area contributed by atoms with E-state index in [4.69, 9.17) is 9.47 Å². The van der Waals surface area contributed by atoms with E-state index in [1.54, 1.807) is 30.9 Å². The molecule has 2 rings (SSSR count). The van der Waals surface area contributed by atoms with Crippen molar-refractivity contribution in [1.29, 1.82) is 0 Å². The van der Waals surface area contributed by atoms with Crippen LogP contribution in [0.5, 0.6) is 11.5 Å². The van der Waals surface area contributed by atoms with Crippen LogP contribution in [0.3, 0.4) is 0 Å². The second-order valence-corrected chi connectivity index (χ2v) is 7.46. The highest BCUT2D eigenvalue weighted by molar-refractivity contribution is 8.00. The number of carbonyl (C=O) groups is 1. The molecule has 0 unspecified atom stereocenters. The molecule has 26 heavy (non-hydrogen) atoms. The van der Waals surface area contributed by atoms with Crippen molar-refractivity contribution in [2.45, 2.75) is 32.2 Å². The van der Waals surface area contributed by atoms with E-state index >= 15 is 0 Å². The van der Waals surface area contributed by atoms with Crippen LogP contribution in [0.1, 0.15) is 22.3 Å². The van der Waals surface area contributed by atoms with E-state index < -0.39 is 0 Å². The first kappa shape index (κ1) is 20.2. The van der Waals surface area contributed by atoms with Crippen LogP contribution in [0, 0.1) is 20.8 Å². The van der Waals surface area contributed by atoms with Gasteiger partial charge in [-0.15, -0.1) is 11.8 Å². The molecule has 0 N–H and O–H groups in total. The van der Waals surface area contributed by atoms with Gasteiger partial charge in [-0.3, -0.25) is 4.79 Å². The number of benzene rings is 2. The summed E-state index contributed by atoms with van der Waals surface area (Å²) in [4.78, 5) is 15.4. The lowest BCUT2D eigenvalue weighted by Gasteiger charge is -2.20. The summed E-state index contributed by atoms with van der Waals surface area (Å²) in [5, 5.41) is 0. The minimum atomic E-state index is 0.101. The summed E-state index contributed by atoms with van der Waals surface area (Å²) < 4.78 is 10.7. The Balaban J connectivity index is 2.02. The van der Waals surface area contributed by atoms with Gasteiger partial charge in [-0.05, 0) is 55.7 Å². The maximum Gasteiger partial charge on any atom is 0.232 e. The molecule has 0 aliphatic carbocycles. The Morgan fingerprint density at radius 3 is 2.27 bits per heavy atom. The molecule has 140 valence electrons. The molecule has 0 aliphatic rings. The Morgan fingerprint density at radius 2 is 1.65 bits per heavy atom. The normalized spacial score (nSPS) is 10.5. The predicted molar refractivity (Wildman–Crippen MR) is 107 cm³/mol. The highest BCUT2D eigenvalue weighted by Gasteiger charge is 2.14. The molecule has 0 saturated carbocycles. The molecule has 0 fully saturated rings. The first-order valence-corrected chi connectivity index (χ1v) is 9.49. The van der Waals surface area contributed by atoms with Gasteiger partial charge in [0.1, 0.15) is 0 Å². The van der Waals surface area contributed by atoms with E-state index in [2.05, 4.69) is 32.0 Å². The molecule has 0 bridgehead atoms. The Bertz CT molecular complexity index is 789. The Labute approximate surface area is 160 Å². The number of hydrogen-bond acceptors (Lipinski definition) is 4. The molecule has 0 aromatic heterocycles. The van der Waals surface area contributed by atoms with E-state index in [0.717, 1.165) is 16.0 Å². The van der Waals surface area contributed by atoms with Crippen molar-refractivity contribution in [3.63, 3.8) is 0 Å². The third kappa shape index (κ3) is 4.94. The van der Waals surface area contributed by atoms with Crippen LogP contribution in [0.2, 0.25) is 0 Å². The van der Waals surface area contributed by atoms with Crippen molar-refractivity contribution in [1.82, 2.24) is 4.90 Å². The summed E-state index contributed by atoms with van der Waals surface area (Å²) >= 11 is 1.58. The summed E-state index contributed by atoms with van der Waals surface area (Å²) in [6, 6.07) is 10.2. The molecule has 0 aliphatic heterocycles. The summed E-state index contributed by atoms with van der Waals surface area (Å²) in [7, 11) is 5.07. The zero-order chi connectivity index (χ0) is 19.3. The van der Waals surface area contributed by atoms with Gasteiger partial charge in [-0.2, -0.15) is 0 Å². The molecule has 2 aromatic rings. The van der Waals surface area contributed by atoms with Gasteiger partial charge in [0.15, 0.2) is 11.5 Å². The van der Waals surface area contributed by atoms with E-state index in [-0.39, 0.29) is 5.91 Å². The number of nitrogens with zero attached hydrogens (tertiary/aromatic N) is 1. The third-order valence-electron chi connectivity index (χ3n) is 4.36. The van der Waals surface area contributed by atoms with Gasteiger partial charge in [0.05, 0.1) is 20.0 Å². The van der Waals surface area contributed by atoms with Crippen LogP contribution in [0.15, 0.2) is 35.2 Å². The molecule has 5 heteroatoms. The zero-order valence-corrected chi connectivity index (χ0v) is 17.2. The number of rotatable bonds is 7. The minimum absolute atomic E-state index is 0.101. The van der Waals surface area contributed by atoms with Crippen molar-refractivity contribution >= 4 is 17.7 Å². The van der Waals surface area contributed by atoms with E-state index in [1.807, 2.05) is 26.1 Å². The van der Waals surface area contributed by atoms with Crippen LogP contribution in [-0.2, 0) is 11.3 Å². The van der Waals surface area contributed by atoms with E-state index in [9.17, 15) is 4.79 Å². The number of carbonyl (C=O) groups excluding carboxylic acids is 1. The number of amides is 1. The van der Waals surface area contributed by atoms with E-state index in [0.29, 0.717) is 23.8 Å². The molecule has 0 saturated heterocycles. The SMILES string of the molecule is COc1cc(C)c(CN(C)C(=O)CSc2ccc(C)cc2C)cc1OC. The van der Waals surface area contributed by atoms with Crippen LogP contribution in [0.25, 0.3) is 0 Å². The van der Waals surface area contributed by atoms with Crippen molar-refractivity contribution in [3.05, 3.63) is 52.6 Å². The van der Waals surface area contributed by atoms with Crippen molar-refractivity contribution in [3.8, 4) is 11.5 Å². The Kier molecular flexibility index (Phi) is 6.98. The lowest BCUT2D eigenvalue weighted by Crippen LogP contribution is -2.28. The topological polar surface area (TPSA) is 38.8 Å². The lowest BCUT2D eigenvalue weighted by atomic mass is 10.1. The molecule has 4 nitrogen and oxygen atoms in total. The summed E-state index contributed by atoms with van der Waals surface area (Å²) in [6.07, 6.45) is 0. The second-order valence-electron chi connectivity index (χ2n) is 6.44. The minimum Gasteiger partial charge on any atom is -0.493 e. The fourth-order valence-electron chi connectivity index (χ4n) is 2.75. The van der Waals surface area contributed by atoms with Gasteiger partial charge in [-0.25, -0.2) is 0 Å². The first-order valence-electron chi connectivity index (χ1n) is 8.51. The zero-order valence-electron chi connectivity index (χ0n) is 16.4. The quantitative estimate of drug-likeness (QED) is 0.675. The van der Waals surface area contributed by atoms with Gasteiger partial charge < -0.3 is 14.4 Å². The Morgan fingerprint density at radius 1 is 1.00 bits per heavy atom. The average Bonchev–Trinajstić information content (AvgIpc) is 2.61. The van der Waals surface area contributed by atoms with Crippen LogP contribution in [0.4, 0.5) is 0 Å². The molecule has 2 aromatic carbocycles. The molecule has 0 heterocycles. The van der Waals surface area contributed by atoms with Gasteiger partial charge >= 0.3 is 0 Å². The molecule has 0 atom stereocenters. The van der Waals surface area contributed by atoms with Crippen molar-refractivity contribution < 1.29 is 14.3 Å². The molecular formula is C21H27NO3S. The number of thioether (sulfide) groups is 1. The molecule has 0 radical (unpaired) electrons. The van der Waals surface area contributed by atoms with Crippen LogP contribution in [-0.4, -0.2) is 37.8 Å². The van der Waals surface area contributed by atoms with Crippen LogP contribution < -0.4 is 9.47 Å². The predicted octanol–water partition coefficient (Wildman–Crippen LogP) is 4.38. The molecule has 1 amide bonds. The van der Waals surface area contributed by atoms with Gasteiger partial charge in [0, 0.05) is 18.5 Å². The summed E-state index contributed by atoms with van der Waals surface area (Å²) in [5.74, 6) is 1.91. The largest absolute Gasteiger partial charge is 0.493 e. The maximum absolute atomic E-state index is 12.5. The van der Waals surface area contributed by atoms with E-state index in [1.165, 1.54) is 11.1 Å². The second kappa shape index (κ2) is 8.99. The number of methoxy groups -OCH3 is 2. The smallest absolute Gasteiger partial charge is 0.232 e. The summed E-state index contributed by atoms with van der Waals surface area (Å²) in [6.45, 7) is 6.71. The molecular weight excluding hydrogens is 346 g/mol. The average molecular weight is 374 g/mol. The van der Waals surface area contributed by atoms with Crippen molar-refractivity contribution in [2.75, 3.05) is 27.0 Å². The molecule has 0 spiro atoms. The highest BCUT2D eigenvalue weighted by Crippen LogP contribution is 2.31. The Hall–Kier alpha value is -2.14. The number of aryl methyl sites for hydroxylation is 3. The summed E-state index contributed by atoms with van der Waals surface area (Å²) in [5.41, 5.74) is 4.57. The van der Waals surface area contributed by atoms with Gasteiger partial charge in [0.25, 0.3) is 0 Å². The van der Waals surface area contributed by atoms with Crippen LogP contribution >= 0.6 is 11.8 Å². The van der Waals surface area contributed by atoms with Gasteiger partial charge in [-0.1, -0.05) is 17.7 Å². The highest BCUT2D eigenvalue weighted by atomic mass is 32.2. The van der Waals surface area contributed by atoms with Crippen molar-refractivity contribution in [2.24, 2.45) is 0 Å². The first-order chi connectivity index (χ1) is 12.3. The standard InChI is InChI=1S/C21H27NO3S/c1-14-7-8-20(16(3)9-14)26-13-21(23)22(4)12-17-11-19(25-6)18(24-5)10-15(17)2/h7-11H,12-13H2,1-6H3. The maximum atomic E-state index is 12.5. The number of hydrogen-bond donors (Lipinski definition) is 0.